The zero-order valence-electron chi connectivity index (χ0n) is 18.3. The number of benzene rings is 3. The molecule has 0 unspecified atom stereocenters. The smallest absolute Gasteiger partial charge is 0.271 e. The van der Waals surface area contributed by atoms with Gasteiger partial charge in [-0.3, -0.25) is 9.52 Å². The normalized spacial score (nSPS) is 11.2. The summed E-state index contributed by atoms with van der Waals surface area (Å²) in [6.45, 7) is 4.85. The molecule has 8 nitrogen and oxygen atoms in total. The first-order valence-electron chi connectivity index (χ1n) is 10.3. The summed E-state index contributed by atoms with van der Waals surface area (Å²) in [4.78, 5) is 12.4. The van der Waals surface area contributed by atoms with Crippen LogP contribution in [0.2, 0.25) is 0 Å². The van der Waals surface area contributed by atoms with Gasteiger partial charge in [0.2, 0.25) is 0 Å². The minimum Gasteiger partial charge on any atom is -0.494 e. The second-order valence-corrected chi connectivity index (χ2v) is 8.47. The minimum atomic E-state index is -3.77. The van der Waals surface area contributed by atoms with Crippen LogP contribution in [-0.2, 0) is 10.0 Å². The van der Waals surface area contributed by atoms with Crippen LogP contribution < -0.4 is 19.6 Å². The van der Waals surface area contributed by atoms with Gasteiger partial charge in [-0.25, -0.2) is 13.8 Å². The molecule has 3 aromatic rings. The molecule has 0 aliphatic carbocycles. The Bertz CT molecular complexity index is 1190. The fourth-order valence-corrected chi connectivity index (χ4v) is 3.89. The van der Waals surface area contributed by atoms with Crippen LogP contribution in [-0.4, -0.2) is 33.8 Å². The van der Waals surface area contributed by atoms with Gasteiger partial charge in [0.05, 0.1) is 24.3 Å². The van der Waals surface area contributed by atoms with Crippen LogP contribution in [0.5, 0.6) is 11.5 Å². The van der Waals surface area contributed by atoms with Gasteiger partial charge in [0, 0.05) is 11.3 Å². The second kappa shape index (κ2) is 11.1. The van der Waals surface area contributed by atoms with E-state index in [9.17, 15) is 13.2 Å². The number of anilines is 1. The lowest BCUT2D eigenvalue weighted by Crippen LogP contribution is -2.18. The van der Waals surface area contributed by atoms with Gasteiger partial charge in [-0.15, -0.1) is 0 Å². The lowest BCUT2D eigenvalue weighted by atomic mass is 10.2. The van der Waals surface area contributed by atoms with Crippen molar-refractivity contribution in [3.05, 3.63) is 83.9 Å². The first kappa shape index (κ1) is 23.8. The molecule has 3 rings (SSSR count). The largest absolute Gasteiger partial charge is 0.494 e. The first-order valence-corrected chi connectivity index (χ1v) is 11.8. The number of ether oxygens (including phenoxy) is 2. The van der Waals surface area contributed by atoms with Crippen LogP contribution in [0.25, 0.3) is 0 Å². The Morgan fingerprint density at radius 3 is 1.94 bits per heavy atom. The highest BCUT2D eigenvalue weighted by atomic mass is 32.2. The molecule has 0 atom stereocenters. The lowest BCUT2D eigenvalue weighted by Gasteiger charge is -2.09. The molecular formula is C24H25N3O5S. The number of hydrogen-bond acceptors (Lipinski definition) is 6. The van der Waals surface area contributed by atoms with E-state index in [2.05, 4.69) is 15.2 Å². The standard InChI is InChI=1S/C24H25N3O5S/c1-3-31-21-11-5-18(6-12-21)17-25-26-24(28)19-7-9-20(10-8-19)27-33(29,30)23-15-13-22(14-16-23)32-4-2/h5-17,27H,3-4H2,1-2H3,(H,26,28)/b25-17+. The van der Waals surface area contributed by atoms with Crippen molar-refractivity contribution in [1.82, 2.24) is 5.43 Å². The van der Waals surface area contributed by atoms with E-state index in [0.717, 1.165) is 11.3 Å². The van der Waals surface area contributed by atoms with Crippen molar-refractivity contribution in [2.75, 3.05) is 17.9 Å². The Labute approximate surface area is 193 Å². The van der Waals surface area contributed by atoms with Crippen molar-refractivity contribution >= 4 is 27.8 Å². The maximum absolute atomic E-state index is 12.6. The van der Waals surface area contributed by atoms with E-state index in [1.54, 1.807) is 12.1 Å². The third-order valence-corrected chi connectivity index (χ3v) is 5.81. The highest BCUT2D eigenvalue weighted by Crippen LogP contribution is 2.20. The summed E-state index contributed by atoms with van der Waals surface area (Å²) in [5.74, 6) is 0.937. The average molecular weight is 468 g/mol. The van der Waals surface area contributed by atoms with Crippen molar-refractivity contribution in [1.29, 1.82) is 0 Å². The number of nitrogens with zero attached hydrogens (tertiary/aromatic N) is 1. The van der Waals surface area contributed by atoms with Gasteiger partial charge < -0.3 is 9.47 Å². The number of hydrazone groups is 1. The van der Waals surface area contributed by atoms with Gasteiger partial charge in [-0.05, 0) is 92.2 Å². The third kappa shape index (κ3) is 6.81. The number of carbonyl (C=O) groups excluding carboxylic acids is 1. The SMILES string of the molecule is CCOc1ccc(/C=N/NC(=O)c2ccc(NS(=O)(=O)c3ccc(OCC)cc3)cc2)cc1. The van der Waals surface area contributed by atoms with E-state index in [4.69, 9.17) is 9.47 Å². The Balaban J connectivity index is 1.58. The van der Waals surface area contributed by atoms with Gasteiger partial charge in [0.1, 0.15) is 11.5 Å². The molecule has 0 aromatic heterocycles. The van der Waals surface area contributed by atoms with Crippen molar-refractivity contribution in [2.45, 2.75) is 18.7 Å². The predicted molar refractivity (Wildman–Crippen MR) is 128 cm³/mol. The number of rotatable bonds is 10. The molecule has 1 amide bonds. The molecule has 0 fully saturated rings. The molecule has 0 saturated heterocycles. The molecule has 172 valence electrons. The Kier molecular flexibility index (Phi) is 8.04. The third-order valence-electron chi connectivity index (χ3n) is 4.42. The molecule has 0 aliphatic rings. The van der Waals surface area contributed by atoms with E-state index in [0.29, 0.717) is 30.2 Å². The van der Waals surface area contributed by atoms with Crippen LogP contribution in [0.15, 0.2) is 82.8 Å². The second-order valence-electron chi connectivity index (χ2n) is 6.79. The summed E-state index contributed by atoms with van der Waals surface area (Å²) in [6, 6.07) is 19.5. The molecule has 3 aromatic carbocycles. The Morgan fingerprint density at radius 1 is 0.848 bits per heavy atom. The fraction of sp³-hybridized carbons (Fsp3) is 0.167. The van der Waals surface area contributed by atoms with Crippen LogP contribution in [0.1, 0.15) is 29.8 Å². The molecule has 0 aliphatic heterocycles. The van der Waals surface area contributed by atoms with Crippen molar-refractivity contribution < 1.29 is 22.7 Å². The number of amides is 1. The van der Waals surface area contributed by atoms with Gasteiger partial charge in [-0.2, -0.15) is 5.10 Å². The topological polar surface area (TPSA) is 106 Å². The molecule has 0 spiro atoms. The first-order chi connectivity index (χ1) is 15.9. The summed E-state index contributed by atoms with van der Waals surface area (Å²) < 4.78 is 38.3. The van der Waals surface area contributed by atoms with Crippen LogP contribution in [0.4, 0.5) is 5.69 Å². The van der Waals surface area contributed by atoms with Gasteiger partial charge in [0.25, 0.3) is 15.9 Å². The zero-order chi connectivity index (χ0) is 23.7. The van der Waals surface area contributed by atoms with E-state index in [1.165, 1.54) is 42.6 Å². The van der Waals surface area contributed by atoms with Gasteiger partial charge in [-0.1, -0.05) is 0 Å². The maximum Gasteiger partial charge on any atom is 0.271 e. The molecular weight excluding hydrogens is 442 g/mol. The summed E-state index contributed by atoms with van der Waals surface area (Å²) in [6.07, 6.45) is 1.52. The van der Waals surface area contributed by atoms with Crippen LogP contribution in [0.3, 0.4) is 0 Å². The number of sulfonamides is 1. The highest BCUT2D eigenvalue weighted by Gasteiger charge is 2.14. The molecule has 0 heterocycles. The molecule has 0 bridgehead atoms. The molecule has 0 saturated carbocycles. The summed E-state index contributed by atoms with van der Waals surface area (Å²) >= 11 is 0. The van der Waals surface area contributed by atoms with Crippen molar-refractivity contribution in [3.8, 4) is 11.5 Å². The minimum absolute atomic E-state index is 0.108. The van der Waals surface area contributed by atoms with Crippen LogP contribution in [0, 0.1) is 0 Å². The summed E-state index contributed by atoms with van der Waals surface area (Å²) in [5, 5.41) is 3.95. The van der Waals surface area contributed by atoms with E-state index in [-0.39, 0.29) is 4.90 Å². The molecule has 9 heteroatoms. The van der Waals surface area contributed by atoms with Crippen LogP contribution >= 0.6 is 0 Å². The van der Waals surface area contributed by atoms with E-state index >= 15 is 0 Å². The predicted octanol–water partition coefficient (Wildman–Crippen LogP) is 4.05. The monoisotopic (exact) mass is 467 g/mol. The average Bonchev–Trinajstić information content (AvgIpc) is 2.81. The van der Waals surface area contributed by atoms with E-state index < -0.39 is 15.9 Å². The zero-order valence-corrected chi connectivity index (χ0v) is 19.1. The summed E-state index contributed by atoms with van der Waals surface area (Å²) in [7, 11) is -3.77. The Hall–Kier alpha value is -3.85. The van der Waals surface area contributed by atoms with Gasteiger partial charge in [0.15, 0.2) is 0 Å². The van der Waals surface area contributed by atoms with Crippen molar-refractivity contribution in [3.63, 3.8) is 0 Å². The highest BCUT2D eigenvalue weighted by molar-refractivity contribution is 7.92. The molecule has 0 radical (unpaired) electrons. The number of nitrogens with one attached hydrogen (secondary N) is 2. The quantitative estimate of drug-likeness (QED) is 0.346. The summed E-state index contributed by atoms with van der Waals surface area (Å²) in [5.41, 5.74) is 3.92. The van der Waals surface area contributed by atoms with Gasteiger partial charge >= 0.3 is 0 Å². The Morgan fingerprint density at radius 2 is 1.39 bits per heavy atom. The van der Waals surface area contributed by atoms with E-state index in [1.807, 2.05) is 38.1 Å². The molecule has 2 N–H and O–H groups in total. The maximum atomic E-state index is 12.6. The molecule has 33 heavy (non-hydrogen) atoms. The fourth-order valence-electron chi connectivity index (χ4n) is 2.83. The van der Waals surface area contributed by atoms with Crippen molar-refractivity contribution in [2.24, 2.45) is 5.10 Å². The number of carbonyl (C=O) groups is 1. The number of hydrogen-bond donors (Lipinski definition) is 2. The lowest BCUT2D eigenvalue weighted by molar-refractivity contribution is 0.0955.